The lowest BCUT2D eigenvalue weighted by Crippen LogP contribution is -2.03. The highest BCUT2D eigenvalue weighted by atomic mass is 16.6. The molecule has 3 aliphatic rings. The number of epoxide rings is 3. The van der Waals surface area contributed by atoms with Gasteiger partial charge in [-0.25, -0.2) is 0 Å². The van der Waals surface area contributed by atoms with E-state index >= 15 is 0 Å². The van der Waals surface area contributed by atoms with Gasteiger partial charge in [-0.3, -0.25) is 0 Å². The quantitative estimate of drug-likeness (QED) is 0.246. The molecule has 6 nitrogen and oxygen atoms in total. The van der Waals surface area contributed by atoms with Crippen molar-refractivity contribution in [2.45, 2.75) is 66.3 Å². The maximum absolute atomic E-state index is 5.40. The molecule has 3 atom stereocenters. The van der Waals surface area contributed by atoms with E-state index in [1.54, 1.807) is 0 Å². The van der Waals surface area contributed by atoms with Gasteiger partial charge in [-0.2, -0.15) is 0 Å². The monoisotopic (exact) mass is 566 g/mol. The summed E-state index contributed by atoms with van der Waals surface area (Å²) in [7, 11) is 0. The number of benzene rings is 3. The molecule has 3 aromatic carbocycles. The van der Waals surface area contributed by atoms with E-state index in [9.17, 15) is 0 Å². The van der Waals surface area contributed by atoms with Crippen LogP contribution in [0.3, 0.4) is 0 Å². The van der Waals surface area contributed by atoms with Gasteiger partial charge in [0.15, 0.2) is 0 Å². The zero-order valence-electron chi connectivity index (χ0n) is 25.8. The van der Waals surface area contributed by atoms with Gasteiger partial charge in [-0.1, -0.05) is 103 Å². The fourth-order valence-electron chi connectivity index (χ4n) is 2.61. The Morgan fingerprint density at radius 2 is 0.707 bits per heavy atom. The van der Waals surface area contributed by atoms with Crippen LogP contribution in [0.4, 0.5) is 0 Å². The lowest BCUT2D eigenvalue weighted by molar-refractivity contribution is 0.263. The van der Waals surface area contributed by atoms with Crippen LogP contribution in [-0.2, 0) is 14.2 Å². The van der Waals surface area contributed by atoms with Crippen LogP contribution in [0, 0.1) is 5.41 Å². The Morgan fingerprint density at radius 3 is 0.878 bits per heavy atom. The van der Waals surface area contributed by atoms with Crippen LogP contribution in [-0.4, -0.2) is 58.0 Å². The Kier molecular flexibility index (Phi) is 16.6. The maximum atomic E-state index is 5.40. The molecule has 3 fully saturated rings. The lowest BCUT2D eigenvalue weighted by atomic mass is 10.0. The van der Waals surface area contributed by atoms with Gasteiger partial charge in [0, 0.05) is 0 Å². The Bertz CT molecular complexity index is 867. The number of rotatable bonds is 9. The molecule has 3 saturated heterocycles. The normalized spacial score (nSPS) is 19.0. The van der Waals surface area contributed by atoms with E-state index in [1.165, 1.54) is 6.42 Å². The van der Waals surface area contributed by atoms with Crippen molar-refractivity contribution in [1.82, 2.24) is 0 Å². The molecule has 3 unspecified atom stereocenters. The fourth-order valence-corrected chi connectivity index (χ4v) is 2.61. The zero-order valence-corrected chi connectivity index (χ0v) is 25.8. The Balaban J connectivity index is 0.000000191. The summed E-state index contributed by atoms with van der Waals surface area (Å²) in [4.78, 5) is 0. The second-order valence-electron chi connectivity index (χ2n) is 11.4. The van der Waals surface area contributed by atoms with E-state index in [1.807, 2.05) is 91.0 Å². The molecule has 3 heterocycles. The van der Waals surface area contributed by atoms with Crippen LogP contribution in [0.25, 0.3) is 0 Å². The molecule has 6 heteroatoms. The van der Waals surface area contributed by atoms with Crippen LogP contribution in [0.5, 0.6) is 17.2 Å². The first-order valence-corrected chi connectivity index (χ1v) is 14.6. The van der Waals surface area contributed by atoms with Crippen molar-refractivity contribution in [3.05, 3.63) is 91.0 Å². The van der Waals surface area contributed by atoms with E-state index in [0.717, 1.165) is 37.1 Å². The van der Waals surface area contributed by atoms with Gasteiger partial charge in [0.1, 0.15) is 55.4 Å². The summed E-state index contributed by atoms with van der Waals surface area (Å²) in [6, 6.07) is 29.4. The summed E-state index contributed by atoms with van der Waals surface area (Å²) < 4.78 is 31.2. The largest absolute Gasteiger partial charge is 0.491 e. The third kappa shape index (κ3) is 22.3. The van der Waals surface area contributed by atoms with Crippen LogP contribution in [0.2, 0.25) is 0 Å². The molecule has 41 heavy (non-hydrogen) atoms. The van der Waals surface area contributed by atoms with Gasteiger partial charge < -0.3 is 28.4 Å². The average molecular weight is 567 g/mol. The summed E-state index contributed by atoms with van der Waals surface area (Å²) >= 11 is 0. The molecule has 0 aromatic heterocycles. The zero-order chi connectivity index (χ0) is 29.8. The number of ether oxygens (including phenoxy) is 6. The van der Waals surface area contributed by atoms with Gasteiger partial charge in [0.05, 0.1) is 19.8 Å². The van der Waals surface area contributed by atoms with E-state index in [0.29, 0.717) is 43.5 Å². The topological polar surface area (TPSA) is 65.3 Å². The smallest absolute Gasteiger partial charge is 0.119 e. The molecule has 0 bridgehead atoms. The predicted molar refractivity (Wildman–Crippen MR) is 166 cm³/mol. The van der Waals surface area contributed by atoms with Crippen LogP contribution < -0.4 is 14.2 Å². The molecule has 0 radical (unpaired) electrons. The molecule has 3 aromatic rings. The van der Waals surface area contributed by atoms with Crippen molar-refractivity contribution in [2.75, 3.05) is 39.6 Å². The Labute approximate surface area is 247 Å². The number of hydrogen-bond acceptors (Lipinski definition) is 6. The van der Waals surface area contributed by atoms with Gasteiger partial charge >= 0.3 is 0 Å². The first-order chi connectivity index (χ1) is 19.8. The molecule has 226 valence electrons. The van der Waals surface area contributed by atoms with Gasteiger partial charge in [0.25, 0.3) is 0 Å². The van der Waals surface area contributed by atoms with Gasteiger partial charge in [-0.05, 0) is 41.8 Å². The summed E-state index contributed by atoms with van der Waals surface area (Å²) in [6.45, 7) is 17.6. The van der Waals surface area contributed by atoms with E-state index < -0.39 is 0 Å². The predicted octanol–water partition coefficient (Wildman–Crippen LogP) is 7.86. The summed E-state index contributed by atoms with van der Waals surface area (Å²) in [5.74, 6) is 2.76. The second kappa shape index (κ2) is 19.9. The number of para-hydroxylation sites is 3. The molecule has 0 amide bonds. The molecule has 6 rings (SSSR count). The van der Waals surface area contributed by atoms with Crippen molar-refractivity contribution in [3.63, 3.8) is 0 Å². The summed E-state index contributed by atoms with van der Waals surface area (Å²) in [5, 5.41) is 0. The number of hydrogen-bond donors (Lipinski definition) is 0. The van der Waals surface area contributed by atoms with E-state index in [-0.39, 0.29) is 0 Å². The molecule has 0 spiro atoms. The second-order valence-corrected chi connectivity index (χ2v) is 11.4. The van der Waals surface area contributed by atoms with Crippen molar-refractivity contribution >= 4 is 0 Å². The van der Waals surface area contributed by atoms with Crippen molar-refractivity contribution in [2.24, 2.45) is 5.41 Å². The summed E-state index contributed by atoms with van der Waals surface area (Å²) in [6.07, 6.45) is 2.28. The highest BCUT2D eigenvalue weighted by Crippen LogP contribution is 2.15. The molecule has 0 saturated carbocycles. The third-order valence-electron chi connectivity index (χ3n) is 4.74. The lowest BCUT2D eigenvalue weighted by Gasteiger charge is -2.05. The highest BCUT2D eigenvalue weighted by molar-refractivity contribution is 5.22. The Morgan fingerprint density at radius 1 is 0.512 bits per heavy atom. The van der Waals surface area contributed by atoms with Crippen molar-refractivity contribution in [3.8, 4) is 17.2 Å². The SMILES string of the molecule is CC(C)(C)C.CCC.c1ccc(OCC2CO2)cc1.c1ccc(OCC2CO2)cc1.c1ccc(OCC2CO2)cc1. The molecular weight excluding hydrogens is 516 g/mol. The molecule has 0 N–H and O–H groups in total. The van der Waals surface area contributed by atoms with Crippen LogP contribution >= 0.6 is 0 Å². The molecule has 0 aliphatic carbocycles. The summed E-state index contributed by atoms with van der Waals surface area (Å²) in [5.41, 5.74) is 0.500. The Hall–Kier alpha value is -3.06. The van der Waals surface area contributed by atoms with Crippen LogP contribution in [0.1, 0.15) is 48.0 Å². The van der Waals surface area contributed by atoms with Crippen molar-refractivity contribution < 1.29 is 28.4 Å². The van der Waals surface area contributed by atoms with Crippen molar-refractivity contribution in [1.29, 1.82) is 0 Å². The first-order valence-electron chi connectivity index (χ1n) is 14.6. The highest BCUT2D eigenvalue weighted by Gasteiger charge is 2.24. The van der Waals surface area contributed by atoms with Crippen LogP contribution in [0.15, 0.2) is 91.0 Å². The maximum Gasteiger partial charge on any atom is 0.119 e. The molecule has 3 aliphatic heterocycles. The average Bonchev–Trinajstić information content (AvgIpc) is 3.83. The minimum atomic E-state index is 0.343. The fraction of sp³-hybridized carbons (Fsp3) is 0.486. The van der Waals surface area contributed by atoms with E-state index in [4.69, 9.17) is 28.4 Å². The minimum absolute atomic E-state index is 0.343. The van der Waals surface area contributed by atoms with Gasteiger partial charge in [-0.15, -0.1) is 0 Å². The molecular formula is C35H50O6. The third-order valence-corrected chi connectivity index (χ3v) is 4.74. The first kappa shape index (κ1) is 34.1. The van der Waals surface area contributed by atoms with E-state index in [2.05, 4.69) is 41.5 Å². The standard InChI is InChI=1S/3C9H10O2.C5H12.C3H8/c3*1-2-4-8(5-3-1)10-6-9-7-11-9;1-5(2,3)4;1-3-2/h3*1-5,9H,6-7H2;1-4H3;3H2,1-2H3. The van der Waals surface area contributed by atoms with Gasteiger partial charge in [0.2, 0.25) is 0 Å². The minimum Gasteiger partial charge on any atom is -0.491 e.